The molecule has 0 N–H and O–H groups in total. The van der Waals surface area contributed by atoms with E-state index in [1.807, 2.05) is 24.4 Å². The van der Waals surface area contributed by atoms with Crippen molar-refractivity contribution in [3.05, 3.63) is 40.7 Å². The Kier molecular flexibility index (Phi) is 2.36. The van der Waals surface area contributed by atoms with Crippen molar-refractivity contribution in [2.45, 2.75) is 25.7 Å². The molecule has 3 aromatic rings. The molecule has 0 spiro atoms. The number of halogens is 1. The average Bonchev–Trinajstić information content (AvgIpc) is 2.73. The zero-order chi connectivity index (χ0) is 13.0. The predicted molar refractivity (Wildman–Crippen MR) is 79.9 cm³/mol. The molecular formula is C16H15ClN2. The Morgan fingerprint density at radius 1 is 1.16 bits per heavy atom. The number of benzene rings is 1. The minimum atomic E-state index is 0.779. The summed E-state index contributed by atoms with van der Waals surface area (Å²) >= 11 is 6.16. The van der Waals surface area contributed by atoms with Gasteiger partial charge in [0.2, 0.25) is 0 Å². The Bertz CT molecular complexity index is 801. The SMILES string of the molecule is Cn1c2c(c3cnc4ccc(Cl)cc4c31)CCCC2. The van der Waals surface area contributed by atoms with E-state index in [1.165, 1.54) is 53.2 Å². The highest BCUT2D eigenvalue weighted by Crippen LogP contribution is 2.35. The summed E-state index contributed by atoms with van der Waals surface area (Å²) in [6.45, 7) is 0. The molecule has 1 aromatic carbocycles. The molecule has 4 rings (SSSR count). The fourth-order valence-corrected chi connectivity index (χ4v) is 3.59. The first kappa shape index (κ1) is 11.3. The van der Waals surface area contributed by atoms with Gasteiger partial charge in [-0.2, -0.15) is 0 Å². The smallest absolute Gasteiger partial charge is 0.0724 e. The van der Waals surface area contributed by atoms with E-state index in [-0.39, 0.29) is 0 Å². The van der Waals surface area contributed by atoms with Crippen LogP contribution in [0.4, 0.5) is 0 Å². The van der Waals surface area contributed by atoms with Gasteiger partial charge in [-0.1, -0.05) is 11.6 Å². The zero-order valence-electron chi connectivity index (χ0n) is 10.9. The first-order chi connectivity index (χ1) is 9.25. The second-order valence-corrected chi connectivity index (χ2v) is 5.81. The van der Waals surface area contributed by atoms with Gasteiger partial charge in [-0.25, -0.2) is 0 Å². The number of pyridine rings is 1. The van der Waals surface area contributed by atoms with Crippen LogP contribution in [0, 0.1) is 0 Å². The monoisotopic (exact) mass is 270 g/mol. The van der Waals surface area contributed by atoms with Crippen LogP contribution >= 0.6 is 11.6 Å². The molecule has 96 valence electrons. The molecule has 1 aliphatic rings. The second-order valence-electron chi connectivity index (χ2n) is 5.37. The highest BCUT2D eigenvalue weighted by molar-refractivity contribution is 6.31. The van der Waals surface area contributed by atoms with Gasteiger partial charge in [0.25, 0.3) is 0 Å². The third-order valence-electron chi connectivity index (χ3n) is 4.31. The average molecular weight is 271 g/mol. The van der Waals surface area contributed by atoms with Crippen LogP contribution in [0.15, 0.2) is 24.4 Å². The number of rotatable bonds is 0. The highest BCUT2D eigenvalue weighted by Gasteiger charge is 2.19. The van der Waals surface area contributed by atoms with Crippen LogP contribution in [0.1, 0.15) is 24.1 Å². The van der Waals surface area contributed by atoms with E-state index in [4.69, 9.17) is 11.6 Å². The molecule has 0 bridgehead atoms. The van der Waals surface area contributed by atoms with Gasteiger partial charge in [0.05, 0.1) is 11.0 Å². The Balaban J connectivity index is 2.21. The molecule has 2 aromatic heterocycles. The largest absolute Gasteiger partial charge is 0.347 e. The lowest BCUT2D eigenvalue weighted by Crippen LogP contribution is -2.04. The van der Waals surface area contributed by atoms with Crippen LogP contribution in [-0.4, -0.2) is 9.55 Å². The van der Waals surface area contributed by atoms with Crippen LogP contribution in [0.3, 0.4) is 0 Å². The normalized spacial score (nSPS) is 15.1. The lowest BCUT2D eigenvalue weighted by molar-refractivity contribution is 0.653. The van der Waals surface area contributed by atoms with Gasteiger partial charge in [-0.05, 0) is 49.4 Å². The van der Waals surface area contributed by atoms with E-state index in [1.54, 1.807) is 0 Å². The molecular weight excluding hydrogens is 256 g/mol. The van der Waals surface area contributed by atoms with Crippen molar-refractivity contribution in [3.8, 4) is 0 Å². The summed E-state index contributed by atoms with van der Waals surface area (Å²) in [5.74, 6) is 0. The first-order valence-corrected chi connectivity index (χ1v) is 7.18. The lowest BCUT2D eigenvalue weighted by Gasteiger charge is -2.12. The molecule has 0 atom stereocenters. The summed E-state index contributed by atoms with van der Waals surface area (Å²) in [5, 5.41) is 3.26. The van der Waals surface area contributed by atoms with Gasteiger partial charge < -0.3 is 4.57 Å². The topological polar surface area (TPSA) is 17.8 Å². The van der Waals surface area contributed by atoms with Gasteiger partial charge in [0, 0.05) is 34.7 Å². The van der Waals surface area contributed by atoms with Gasteiger partial charge in [-0.3, -0.25) is 4.98 Å². The van der Waals surface area contributed by atoms with Crippen LogP contribution in [0.2, 0.25) is 5.02 Å². The van der Waals surface area contributed by atoms with E-state index in [0.717, 1.165) is 10.5 Å². The van der Waals surface area contributed by atoms with Gasteiger partial charge >= 0.3 is 0 Å². The molecule has 19 heavy (non-hydrogen) atoms. The Morgan fingerprint density at radius 2 is 2.00 bits per heavy atom. The molecule has 2 heterocycles. The molecule has 3 heteroatoms. The number of aromatic nitrogens is 2. The van der Waals surface area contributed by atoms with Crippen molar-refractivity contribution in [2.75, 3.05) is 0 Å². The maximum Gasteiger partial charge on any atom is 0.0724 e. The molecule has 0 fully saturated rings. The van der Waals surface area contributed by atoms with Crippen LogP contribution < -0.4 is 0 Å². The molecule has 2 nitrogen and oxygen atoms in total. The number of hydrogen-bond acceptors (Lipinski definition) is 1. The lowest BCUT2D eigenvalue weighted by atomic mass is 9.96. The van der Waals surface area contributed by atoms with Crippen LogP contribution in [-0.2, 0) is 19.9 Å². The molecule has 0 aliphatic heterocycles. The molecule has 0 radical (unpaired) electrons. The van der Waals surface area contributed by atoms with Crippen molar-refractivity contribution < 1.29 is 0 Å². The van der Waals surface area contributed by atoms with Crippen molar-refractivity contribution >= 4 is 33.4 Å². The van der Waals surface area contributed by atoms with Crippen LogP contribution in [0.5, 0.6) is 0 Å². The van der Waals surface area contributed by atoms with Gasteiger partial charge in [0.15, 0.2) is 0 Å². The third kappa shape index (κ3) is 1.53. The summed E-state index contributed by atoms with van der Waals surface area (Å²) in [4.78, 5) is 4.60. The van der Waals surface area contributed by atoms with E-state index in [9.17, 15) is 0 Å². The Morgan fingerprint density at radius 3 is 2.89 bits per heavy atom. The van der Waals surface area contributed by atoms with Crippen molar-refractivity contribution in [1.82, 2.24) is 9.55 Å². The van der Waals surface area contributed by atoms with E-state index in [0.29, 0.717) is 0 Å². The van der Waals surface area contributed by atoms with Crippen molar-refractivity contribution in [2.24, 2.45) is 7.05 Å². The summed E-state index contributed by atoms with van der Waals surface area (Å²) in [6, 6.07) is 5.95. The van der Waals surface area contributed by atoms with Crippen molar-refractivity contribution in [1.29, 1.82) is 0 Å². The number of nitrogens with zero attached hydrogens (tertiary/aromatic N) is 2. The fraction of sp³-hybridized carbons (Fsp3) is 0.312. The molecule has 0 saturated carbocycles. The standard InChI is InChI=1S/C16H15ClN2/c1-19-15-5-3-2-4-11(15)13-9-18-14-7-6-10(17)8-12(14)16(13)19/h6-9H,2-5H2,1H3. The minimum Gasteiger partial charge on any atom is -0.347 e. The summed E-state index contributed by atoms with van der Waals surface area (Å²) in [7, 11) is 2.17. The molecule has 0 amide bonds. The molecule has 0 unspecified atom stereocenters. The van der Waals surface area contributed by atoms with E-state index in [2.05, 4.69) is 16.6 Å². The second kappa shape index (κ2) is 3.97. The maximum atomic E-state index is 6.16. The fourth-order valence-electron chi connectivity index (χ4n) is 3.42. The predicted octanol–water partition coefficient (Wildman–Crippen LogP) is 4.26. The van der Waals surface area contributed by atoms with Gasteiger partial charge in [0.1, 0.15) is 0 Å². The third-order valence-corrected chi connectivity index (χ3v) is 4.54. The first-order valence-electron chi connectivity index (χ1n) is 6.80. The maximum absolute atomic E-state index is 6.16. The van der Waals surface area contributed by atoms with Crippen LogP contribution in [0.25, 0.3) is 21.8 Å². The quantitative estimate of drug-likeness (QED) is 0.597. The summed E-state index contributed by atoms with van der Waals surface area (Å²) < 4.78 is 2.35. The van der Waals surface area contributed by atoms with E-state index >= 15 is 0 Å². The number of hydrogen-bond donors (Lipinski definition) is 0. The number of aryl methyl sites for hydroxylation is 2. The summed E-state index contributed by atoms with van der Waals surface area (Å²) in [5.41, 5.74) is 5.29. The van der Waals surface area contributed by atoms with E-state index < -0.39 is 0 Å². The molecule has 1 aliphatic carbocycles. The summed E-state index contributed by atoms with van der Waals surface area (Å²) in [6.07, 6.45) is 6.99. The zero-order valence-corrected chi connectivity index (χ0v) is 11.7. The van der Waals surface area contributed by atoms with Gasteiger partial charge in [-0.15, -0.1) is 0 Å². The molecule has 0 saturated heterocycles. The van der Waals surface area contributed by atoms with Crippen molar-refractivity contribution in [3.63, 3.8) is 0 Å². The Labute approximate surface area is 117 Å². The number of fused-ring (bicyclic) bond motifs is 5. The Hall–Kier alpha value is -1.54. The minimum absolute atomic E-state index is 0.779. The highest BCUT2D eigenvalue weighted by atomic mass is 35.5.